The Balaban J connectivity index is 0.000000454. The molecule has 1 N–H and O–H groups in total. The summed E-state index contributed by atoms with van der Waals surface area (Å²) in [6.45, 7) is 2.71. The van der Waals surface area contributed by atoms with Gasteiger partial charge < -0.3 is 15.2 Å². The molecular formula is C16H24N6O2. The summed E-state index contributed by atoms with van der Waals surface area (Å²) < 4.78 is 0. The molecule has 8 heteroatoms. The van der Waals surface area contributed by atoms with Gasteiger partial charge in [-0.15, -0.1) is 0 Å². The number of amides is 2. The van der Waals surface area contributed by atoms with Crippen LogP contribution in [0.25, 0.3) is 0 Å². The Morgan fingerprint density at radius 2 is 2.04 bits per heavy atom. The van der Waals surface area contributed by atoms with Crippen LogP contribution in [0.2, 0.25) is 0 Å². The fraction of sp³-hybridized carbons (Fsp3) is 0.500. The van der Waals surface area contributed by atoms with Gasteiger partial charge in [-0.2, -0.15) is 5.10 Å². The first-order valence-corrected chi connectivity index (χ1v) is 7.87. The predicted octanol–water partition coefficient (Wildman–Crippen LogP) is 1.35. The average molecular weight is 332 g/mol. The normalized spacial score (nSPS) is 17.6. The van der Waals surface area contributed by atoms with Gasteiger partial charge >= 0.3 is 0 Å². The molecule has 2 heterocycles. The standard InChI is InChI=1S/C12H16N6O2.C4H8/c1-16(2)15-10-6-17(3)11-9(18(10)8-20)4-5-13-12(11)14-7-19;1-4-2-3-4/h4-5,7-8H,6H2,1-3H3,(H,13,14,19);4H,2-3H2,1H3/b15-10-;. The minimum Gasteiger partial charge on any atom is -0.362 e. The molecule has 0 unspecified atom stereocenters. The minimum absolute atomic E-state index is 0.413. The Morgan fingerprint density at radius 1 is 1.38 bits per heavy atom. The molecule has 1 aromatic rings. The van der Waals surface area contributed by atoms with Crippen molar-refractivity contribution in [2.75, 3.05) is 42.8 Å². The molecule has 3 rings (SSSR count). The Morgan fingerprint density at radius 3 is 2.54 bits per heavy atom. The fourth-order valence-electron chi connectivity index (χ4n) is 2.28. The number of likely N-dealkylation sites (N-methyl/N-ethyl adjacent to an activating group) is 1. The van der Waals surface area contributed by atoms with Crippen molar-refractivity contribution in [3.05, 3.63) is 12.3 Å². The molecule has 0 aromatic carbocycles. The van der Waals surface area contributed by atoms with Crippen LogP contribution in [0.1, 0.15) is 19.8 Å². The molecular weight excluding hydrogens is 308 g/mol. The van der Waals surface area contributed by atoms with Gasteiger partial charge in [-0.1, -0.05) is 19.8 Å². The molecule has 0 saturated heterocycles. The molecule has 2 aliphatic rings. The van der Waals surface area contributed by atoms with E-state index in [0.29, 0.717) is 42.4 Å². The maximum Gasteiger partial charge on any atom is 0.219 e. The van der Waals surface area contributed by atoms with Crippen LogP contribution in [-0.2, 0) is 9.59 Å². The van der Waals surface area contributed by atoms with Crippen molar-refractivity contribution < 1.29 is 9.59 Å². The quantitative estimate of drug-likeness (QED) is 0.665. The number of hydrazone groups is 1. The molecule has 0 atom stereocenters. The van der Waals surface area contributed by atoms with E-state index in [1.807, 2.05) is 11.9 Å². The van der Waals surface area contributed by atoms with E-state index in [0.717, 1.165) is 5.92 Å². The zero-order chi connectivity index (χ0) is 17.7. The second-order valence-corrected chi connectivity index (χ2v) is 6.17. The summed E-state index contributed by atoms with van der Waals surface area (Å²) in [5.41, 5.74) is 1.32. The Kier molecular flexibility index (Phi) is 5.73. The number of pyridine rings is 1. The molecule has 0 bridgehead atoms. The lowest BCUT2D eigenvalue weighted by Crippen LogP contribution is -2.45. The summed E-state index contributed by atoms with van der Waals surface area (Å²) in [6, 6.07) is 1.71. The van der Waals surface area contributed by atoms with Crippen LogP contribution in [0.3, 0.4) is 0 Å². The van der Waals surface area contributed by atoms with Crippen LogP contribution in [0.4, 0.5) is 17.2 Å². The van der Waals surface area contributed by atoms with E-state index in [2.05, 4.69) is 22.3 Å². The molecule has 1 saturated carbocycles. The second-order valence-electron chi connectivity index (χ2n) is 6.17. The van der Waals surface area contributed by atoms with Crippen LogP contribution in [-0.4, -0.2) is 56.3 Å². The highest BCUT2D eigenvalue weighted by atomic mass is 16.1. The van der Waals surface area contributed by atoms with Crippen molar-refractivity contribution in [2.24, 2.45) is 11.0 Å². The summed E-state index contributed by atoms with van der Waals surface area (Å²) in [5, 5.41) is 8.48. The highest BCUT2D eigenvalue weighted by Gasteiger charge is 2.28. The molecule has 1 aliphatic carbocycles. The van der Waals surface area contributed by atoms with E-state index >= 15 is 0 Å². The Labute approximate surface area is 142 Å². The van der Waals surface area contributed by atoms with Crippen molar-refractivity contribution >= 4 is 35.8 Å². The van der Waals surface area contributed by atoms with Gasteiger partial charge in [0, 0.05) is 27.3 Å². The van der Waals surface area contributed by atoms with E-state index in [9.17, 15) is 9.59 Å². The number of aromatic nitrogens is 1. The molecule has 2 amide bonds. The number of carbonyl (C=O) groups is 2. The van der Waals surface area contributed by atoms with Crippen molar-refractivity contribution in [3.63, 3.8) is 0 Å². The highest BCUT2D eigenvalue weighted by Crippen LogP contribution is 2.37. The van der Waals surface area contributed by atoms with Crippen LogP contribution in [0.15, 0.2) is 17.4 Å². The molecule has 8 nitrogen and oxygen atoms in total. The fourth-order valence-corrected chi connectivity index (χ4v) is 2.28. The third kappa shape index (κ3) is 4.21. The molecule has 130 valence electrons. The van der Waals surface area contributed by atoms with Gasteiger partial charge in [-0.3, -0.25) is 14.5 Å². The summed E-state index contributed by atoms with van der Waals surface area (Å²) in [6.07, 6.45) is 5.78. The number of nitrogens with one attached hydrogen (secondary N) is 1. The zero-order valence-electron chi connectivity index (χ0n) is 14.6. The van der Waals surface area contributed by atoms with Crippen molar-refractivity contribution in [1.82, 2.24) is 9.99 Å². The van der Waals surface area contributed by atoms with Crippen molar-refractivity contribution in [2.45, 2.75) is 19.8 Å². The number of rotatable bonds is 4. The van der Waals surface area contributed by atoms with Crippen LogP contribution in [0.5, 0.6) is 0 Å². The van der Waals surface area contributed by atoms with Gasteiger partial charge in [-0.05, 0) is 12.0 Å². The van der Waals surface area contributed by atoms with Crippen LogP contribution < -0.4 is 15.1 Å². The zero-order valence-corrected chi connectivity index (χ0v) is 14.6. The SMILES string of the molecule is CC1CC1.CN(C)/N=C1/CN(C)c2c(ccnc2NC=O)N1C=O. The lowest BCUT2D eigenvalue weighted by Gasteiger charge is -2.35. The average Bonchev–Trinajstić information content (AvgIpc) is 3.30. The van der Waals surface area contributed by atoms with Gasteiger partial charge in [-0.25, -0.2) is 4.98 Å². The van der Waals surface area contributed by atoms with Crippen LogP contribution in [0, 0.1) is 5.92 Å². The summed E-state index contributed by atoms with van der Waals surface area (Å²) in [4.78, 5) is 29.5. The lowest BCUT2D eigenvalue weighted by atomic mass is 10.2. The van der Waals surface area contributed by atoms with Gasteiger partial charge in [0.05, 0.1) is 12.2 Å². The number of nitrogens with zero attached hydrogens (tertiary/aromatic N) is 5. The smallest absolute Gasteiger partial charge is 0.219 e. The second kappa shape index (κ2) is 7.76. The number of anilines is 3. The number of carbonyl (C=O) groups excluding carboxylic acids is 2. The van der Waals surface area contributed by atoms with E-state index < -0.39 is 0 Å². The van der Waals surface area contributed by atoms with E-state index in [-0.39, 0.29) is 0 Å². The van der Waals surface area contributed by atoms with Crippen LogP contribution >= 0.6 is 0 Å². The first-order valence-electron chi connectivity index (χ1n) is 7.87. The molecule has 24 heavy (non-hydrogen) atoms. The number of amidine groups is 1. The molecule has 1 fully saturated rings. The third-order valence-electron chi connectivity index (χ3n) is 3.68. The van der Waals surface area contributed by atoms with Crippen molar-refractivity contribution in [1.29, 1.82) is 0 Å². The first-order chi connectivity index (χ1) is 11.5. The number of hydrogen-bond donors (Lipinski definition) is 1. The molecule has 1 aromatic heterocycles. The predicted molar refractivity (Wildman–Crippen MR) is 95.3 cm³/mol. The molecule has 0 radical (unpaired) electrons. The summed E-state index contributed by atoms with van der Waals surface area (Å²) in [5.74, 6) is 2.10. The third-order valence-corrected chi connectivity index (χ3v) is 3.68. The van der Waals surface area contributed by atoms with Gasteiger partial charge in [0.15, 0.2) is 11.7 Å². The Bertz CT molecular complexity index is 627. The summed E-state index contributed by atoms with van der Waals surface area (Å²) in [7, 11) is 5.43. The first kappa shape index (κ1) is 17.7. The largest absolute Gasteiger partial charge is 0.362 e. The summed E-state index contributed by atoms with van der Waals surface area (Å²) >= 11 is 0. The van der Waals surface area contributed by atoms with Gasteiger partial charge in [0.25, 0.3) is 0 Å². The maximum absolute atomic E-state index is 11.4. The Hall–Kier alpha value is -2.64. The highest BCUT2D eigenvalue weighted by molar-refractivity contribution is 6.17. The topological polar surface area (TPSA) is 81.1 Å². The maximum atomic E-state index is 11.4. The van der Waals surface area contributed by atoms with Gasteiger partial charge in [0.2, 0.25) is 12.8 Å². The monoisotopic (exact) mass is 332 g/mol. The minimum atomic E-state index is 0.413. The number of hydrogen-bond acceptors (Lipinski definition) is 6. The van der Waals surface area contributed by atoms with Gasteiger partial charge in [0.1, 0.15) is 5.69 Å². The number of fused-ring (bicyclic) bond motifs is 1. The van der Waals surface area contributed by atoms with E-state index in [1.165, 1.54) is 23.9 Å². The van der Waals surface area contributed by atoms with E-state index in [1.54, 1.807) is 25.2 Å². The molecule has 0 spiro atoms. The lowest BCUT2D eigenvalue weighted by molar-refractivity contribution is -0.107. The van der Waals surface area contributed by atoms with E-state index in [4.69, 9.17) is 0 Å². The van der Waals surface area contributed by atoms with Crippen molar-refractivity contribution in [3.8, 4) is 0 Å². The molecule has 1 aliphatic heterocycles.